The van der Waals surface area contributed by atoms with Crippen LogP contribution in [0.4, 0.5) is 13.2 Å². The number of nitrogens with zero attached hydrogens (tertiary/aromatic N) is 4. The maximum absolute atomic E-state index is 12.5. The van der Waals surface area contributed by atoms with E-state index in [2.05, 4.69) is 15.1 Å². The first-order valence-corrected chi connectivity index (χ1v) is 7.26. The second-order valence-corrected chi connectivity index (χ2v) is 5.90. The molecule has 2 aromatic heterocycles. The van der Waals surface area contributed by atoms with E-state index < -0.39 is 26.7 Å². The van der Waals surface area contributed by atoms with E-state index in [1.54, 1.807) is 0 Å². The topological polar surface area (TPSA) is 87.0 Å². The van der Waals surface area contributed by atoms with Crippen molar-refractivity contribution in [2.24, 2.45) is 0 Å². The van der Waals surface area contributed by atoms with Crippen molar-refractivity contribution in [1.29, 1.82) is 0 Å². The number of hydrogen-bond donors (Lipinski definition) is 0. The summed E-state index contributed by atoms with van der Waals surface area (Å²) < 4.78 is 66.1. The van der Waals surface area contributed by atoms with Crippen molar-refractivity contribution >= 4 is 9.84 Å². The molecule has 2 rings (SSSR count). The summed E-state index contributed by atoms with van der Waals surface area (Å²) in [6.07, 6.45) is -2.40. The summed E-state index contributed by atoms with van der Waals surface area (Å²) in [6, 6.07) is 1.17. The molecule has 0 unspecified atom stereocenters. The molecule has 0 aliphatic carbocycles. The fourth-order valence-corrected chi connectivity index (χ4v) is 1.89. The van der Waals surface area contributed by atoms with E-state index >= 15 is 0 Å². The predicted octanol–water partition coefficient (Wildman–Crippen LogP) is 1.09. The number of rotatable bonds is 3. The molecule has 0 spiro atoms. The van der Waals surface area contributed by atoms with Gasteiger partial charge in [-0.05, 0) is 0 Å². The van der Waals surface area contributed by atoms with E-state index in [-0.39, 0.29) is 11.7 Å². The standard InChI is InChI=1S/C10H9F3N4O3S/c1-20-8-3-7(15-9(16-8)21(2,18)19)17-5-6(4-14-17)10(11,12)13/h3-5H,1-2H3. The molecule has 0 aliphatic rings. The van der Waals surface area contributed by atoms with Gasteiger partial charge in [-0.3, -0.25) is 0 Å². The van der Waals surface area contributed by atoms with Crippen LogP contribution < -0.4 is 4.74 Å². The average molecular weight is 322 g/mol. The lowest BCUT2D eigenvalue weighted by Crippen LogP contribution is -2.09. The first-order valence-electron chi connectivity index (χ1n) is 5.36. The highest BCUT2D eigenvalue weighted by Gasteiger charge is 2.32. The van der Waals surface area contributed by atoms with Crippen LogP contribution in [0.25, 0.3) is 5.82 Å². The number of hydrogen-bond acceptors (Lipinski definition) is 6. The van der Waals surface area contributed by atoms with Gasteiger partial charge in [0.2, 0.25) is 15.7 Å². The van der Waals surface area contributed by atoms with Crippen LogP contribution in [0.1, 0.15) is 5.56 Å². The van der Waals surface area contributed by atoms with Gasteiger partial charge in [0.1, 0.15) is 0 Å². The molecule has 0 N–H and O–H groups in total. The molecule has 2 aromatic rings. The third kappa shape index (κ3) is 3.29. The second kappa shape index (κ2) is 4.98. The Kier molecular flexibility index (Phi) is 3.61. The Hall–Kier alpha value is -2.17. The molecule has 0 aromatic carbocycles. The Balaban J connectivity index is 2.56. The van der Waals surface area contributed by atoms with Gasteiger partial charge in [-0.2, -0.15) is 28.2 Å². The van der Waals surface area contributed by atoms with E-state index in [9.17, 15) is 21.6 Å². The van der Waals surface area contributed by atoms with Crippen molar-refractivity contribution in [3.05, 3.63) is 24.0 Å². The minimum absolute atomic E-state index is 0.107. The molecule has 21 heavy (non-hydrogen) atoms. The van der Waals surface area contributed by atoms with Gasteiger partial charge in [-0.1, -0.05) is 0 Å². The van der Waals surface area contributed by atoms with E-state index in [1.165, 1.54) is 13.2 Å². The molecule has 0 aliphatic heterocycles. The normalized spacial score (nSPS) is 12.4. The lowest BCUT2D eigenvalue weighted by Gasteiger charge is -2.06. The van der Waals surface area contributed by atoms with Gasteiger partial charge in [0.05, 0.1) is 18.9 Å². The lowest BCUT2D eigenvalue weighted by atomic mass is 10.4. The molecular weight excluding hydrogens is 313 g/mol. The van der Waals surface area contributed by atoms with Crippen molar-refractivity contribution in [3.63, 3.8) is 0 Å². The van der Waals surface area contributed by atoms with Crippen molar-refractivity contribution in [1.82, 2.24) is 19.7 Å². The van der Waals surface area contributed by atoms with Gasteiger partial charge in [0.25, 0.3) is 5.16 Å². The molecule has 0 saturated heterocycles. The highest BCUT2D eigenvalue weighted by Crippen LogP contribution is 2.29. The smallest absolute Gasteiger partial charge is 0.419 e. The Morgan fingerprint density at radius 1 is 1.29 bits per heavy atom. The fraction of sp³-hybridized carbons (Fsp3) is 0.300. The maximum atomic E-state index is 12.5. The quantitative estimate of drug-likeness (QED) is 0.786. The third-order valence-corrected chi connectivity index (χ3v) is 3.20. The van der Waals surface area contributed by atoms with E-state index in [0.717, 1.165) is 10.9 Å². The van der Waals surface area contributed by atoms with Crippen molar-refractivity contribution in [3.8, 4) is 11.7 Å². The number of halogens is 3. The molecule has 114 valence electrons. The van der Waals surface area contributed by atoms with Crippen LogP contribution in [0.15, 0.2) is 23.6 Å². The summed E-state index contributed by atoms with van der Waals surface area (Å²) in [5.41, 5.74) is -0.985. The van der Waals surface area contributed by atoms with Crippen LogP contribution in [0.5, 0.6) is 5.88 Å². The molecule has 7 nitrogen and oxygen atoms in total. The van der Waals surface area contributed by atoms with Gasteiger partial charge in [-0.15, -0.1) is 0 Å². The van der Waals surface area contributed by atoms with Crippen LogP contribution in [-0.4, -0.2) is 41.5 Å². The highest BCUT2D eigenvalue weighted by molar-refractivity contribution is 7.90. The Morgan fingerprint density at radius 2 is 1.95 bits per heavy atom. The molecule has 0 atom stereocenters. The summed E-state index contributed by atoms with van der Waals surface area (Å²) in [6.45, 7) is 0. The van der Waals surface area contributed by atoms with Crippen LogP contribution >= 0.6 is 0 Å². The zero-order valence-corrected chi connectivity index (χ0v) is 11.6. The average Bonchev–Trinajstić information content (AvgIpc) is 2.86. The molecule has 0 amide bonds. The van der Waals surface area contributed by atoms with Gasteiger partial charge in [0.15, 0.2) is 5.82 Å². The molecule has 0 radical (unpaired) electrons. The number of sulfone groups is 1. The van der Waals surface area contributed by atoms with Gasteiger partial charge < -0.3 is 4.74 Å². The zero-order chi connectivity index (χ0) is 15.8. The Morgan fingerprint density at radius 3 is 2.43 bits per heavy atom. The monoisotopic (exact) mass is 322 g/mol. The molecular formula is C10H9F3N4O3S. The highest BCUT2D eigenvalue weighted by atomic mass is 32.2. The van der Waals surface area contributed by atoms with Crippen molar-refractivity contribution in [2.45, 2.75) is 11.3 Å². The molecule has 11 heteroatoms. The van der Waals surface area contributed by atoms with E-state index in [0.29, 0.717) is 12.4 Å². The van der Waals surface area contributed by atoms with Crippen LogP contribution in [0.2, 0.25) is 0 Å². The summed E-state index contributed by atoms with van der Waals surface area (Å²) in [5, 5.41) is 2.94. The summed E-state index contributed by atoms with van der Waals surface area (Å²) in [4.78, 5) is 7.29. The van der Waals surface area contributed by atoms with Gasteiger partial charge in [-0.25, -0.2) is 13.1 Å². The minimum atomic E-state index is -4.56. The first-order chi connectivity index (χ1) is 9.61. The zero-order valence-electron chi connectivity index (χ0n) is 10.8. The Bertz CT molecular complexity index is 770. The van der Waals surface area contributed by atoms with Crippen molar-refractivity contribution in [2.75, 3.05) is 13.4 Å². The predicted molar refractivity (Wildman–Crippen MR) is 63.8 cm³/mol. The minimum Gasteiger partial charge on any atom is -0.481 e. The lowest BCUT2D eigenvalue weighted by molar-refractivity contribution is -0.137. The molecule has 0 fully saturated rings. The van der Waals surface area contributed by atoms with Gasteiger partial charge in [0, 0.05) is 18.5 Å². The molecule has 0 bridgehead atoms. The Labute approximate surface area is 117 Å². The molecule has 2 heterocycles. The van der Waals surface area contributed by atoms with Crippen LogP contribution in [-0.2, 0) is 16.0 Å². The number of ether oxygens (including phenoxy) is 1. The van der Waals surface area contributed by atoms with Gasteiger partial charge >= 0.3 is 6.18 Å². The number of aromatic nitrogens is 4. The van der Waals surface area contributed by atoms with E-state index in [4.69, 9.17) is 4.74 Å². The molecule has 0 saturated carbocycles. The number of methoxy groups -OCH3 is 1. The largest absolute Gasteiger partial charge is 0.481 e. The summed E-state index contributed by atoms with van der Waals surface area (Å²) in [7, 11) is -2.51. The van der Waals surface area contributed by atoms with Crippen molar-refractivity contribution < 1.29 is 26.3 Å². The SMILES string of the molecule is COc1cc(-n2cc(C(F)(F)F)cn2)nc(S(C)(=O)=O)n1. The first kappa shape index (κ1) is 15.2. The second-order valence-electron chi connectivity index (χ2n) is 3.99. The summed E-state index contributed by atoms with van der Waals surface area (Å²) in [5.74, 6) is -0.262. The fourth-order valence-electron chi connectivity index (χ4n) is 1.37. The third-order valence-electron chi connectivity index (χ3n) is 2.35. The van der Waals surface area contributed by atoms with Crippen LogP contribution in [0, 0.1) is 0 Å². The van der Waals surface area contributed by atoms with Crippen LogP contribution in [0.3, 0.4) is 0 Å². The summed E-state index contributed by atoms with van der Waals surface area (Å²) >= 11 is 0. The van der Waals surface area contributed by atoms with E-state index in [1.807, 2.05) is 0 Å². The maximum Gasteiger partial charge on any atom is 0.419 e. The number of alkyl halides is 3.